The quantitative estimate of drug-likeness (QED) is 0.156. The molecular weight excluding hydrogens is 560 g/mol. The number of para-hydroxylation sites is 2. The Morgan fingerprint density at radius 1 is 0.556 bits per heavy atom. The predicted molar refractivity (Wildman–Crippen MR) is 181 cm³/mol. The predicted octanol–water partition coefficient (Wildman–Crippen LogP) is 6.43. The Balaban J connectivity index is 1.23. The van der Waals surface area contributed by atoms with Crippen LogP contribution >= 0.6 is 0 Å². The van der Waals surface area contributed by atoms with E-state index in [0.29, 0.717) is 42.4 Å². The first-order chi connectivity index (χ1) is 22.0. The van der Waals surface area contributed by atoms with Gasteiger partial charge >= 0.3 is 0 Å². The number of aliphatic imine (C=N–C) groups is 2. The van der Waals surface area contributed by atoms with Crippen molar-refractivity contribution in [2.45, 2.75) is 20.3 Å². The number of rotatable bonds is 10. The van der Waals surface area contributed by atoms with Gasteiger partial charge in [0.25, 0.3) is 11.8 Å². The van der Waals surface area contributed by atoms with Crippen molar-refractivity contribution in [1.29, 1.82) is 0 Å². The molecular formula is C37H34N6O2. The summed E-state index contributed by atoms with van der Waals surface area (Å²) >= 11 is 0. The molecule has 0 spiro atoms. The number of carbonyl (C=O) groups is 2. The van der Waals surface area contributed by atoms with Gasteiger partial charge in [0.2, 0.25) is 0 Å². The van der Waals surface area contributed by atoms with Crippen LogP contribution in [0.15, 0.2) is 142 Å². The third-order valence-corrected chi connectivity index (χ3v) is 7.83. The molecule has 2 unspecified atom stereocenters. The summed E-state index contributed by atoms with van der Waals surface area (Å²) in [6.45, 7) is 4.67. The van der Waals surface area contributed by atoms with Crippen molar-refractivity contribution in [3.05, 3.63) is 132 Å². The Morgan fingerprint density at radius 3 is 1.24 bits per heavy atom. The minimum Gasteiger partial charge on any atom is -0.288 e. The van der Waals surface area contributed by atoms with Crippen molar-refractivity contribution in [2.24, 2.45) is 32.0 Å². The lowest BCUT2D eigenvalue weighted by molar-refractivity contribution is -0.119. The van der Waals surface area contributed by atoms with Crippen LogP contribution in [0, 0.1) is 11.8 Å². The van der Waals surface area contributed by atoms with Crippen molar-refractivity contribution >= 4 is 46.0 Å². The van der Waals surface area contributed by atoms with E-state index in [2.05, 4.69) is 10.2 Å². The lowest BCUT2D eigenvalue weighted by atomic mass is 9.92. The molecule has 0 bridgehead atoms. The van der Waals surface area contributed by atoms with Gasteiger partial charge in [-0.2, -0.15) is 20.2 Å². The largest absolute Gasteiger partial charge is 0.288 e. The molecule has 0 aliphatic carbocycles. The molecule has 4 aromatic carbocycles. The van der Waals surface area contributed by atoms with Crippen LogP contribution < -0.4 is 10.0 Å². The lowest BCUT2D eigenvalue weighted by Gasteiger charge is -2.17. The maximum atomic E-state index is 13.7. The minimum absolute atomic E-state index is 0.122. The van der Waals surface area contributed by atoms with Gasteiger partial charge in [0.1, 0.15) is 11.8 Å². The van der Waals surface area contributed by atoms with Crippen LogP contribution in [0.25, 0.3) is 0 Å². The number of carbonyl (C=O) groups excluding carboxylic acids is 2. The summed E-state index contributed by atoms with van der Waals surface area (Å²) in [5.74, 6) is -1.39. The molecule has 0 N–H and O–H groups in total. The minimum atomic E-state index is -0.574. The molecule has 0 aromatic heterocycles. The van der Waals surface area contributed by atoms with Crippen molar-refractivity contribution in [1.82, 2.24) is 0 Å². The standard InChI is InChI=1S/C37H34N6O2/c1-26-32(36(44)42(40-26)30-20-11-5-12-21-30)34(28-16-7-3-8-17-28)38-24-15-25-39-35(29-18-9-4-10-19-29)33-27(2)41-43(37(33)45)31-22-13-6-14-23-31/h3-14,16-23,32-33H,15,24-25H2,1-2H3. The first-order valence-corrected chi connectivity index (χ1v) is 15.1. The Bertz CT molecular complexity index is 1650. The van der Waals surface area contributed by atoms with Gasteiger partial charge in [-0.15, -0.1) is 0 Å². The zero-order chi connectivity index (χ0) is 31.2. The second-order valence-corrected chi connectivity index (χ2v) is 10.9. The fourth-order valence-electron chi connectivity index (χ4n) is 5.66. The summed E-state index contributed by atoms with van der Waals surface area (Å²) in [5, 5.41) is 12.1. The van der Waals surface area contributed by atoms with E-state index >= 15 is 0 Å². The van der Waals surface area contributed by atoms with E-state index in [1.54, 1.807) is 0 Å². The molecule has 2 aliphatic heterocycles. The van der Waals surface area contributed by atoms with Gasteiger partial charge in [-0.1, -0.05) is 97.1 Å². The third kappa shape index (κ3) is 6.26. The molecule has 224 valence electrons. The molecule has 8 heteroatoms. The first kappa shape index (κ1) is 29.6. The second-order valence-electron chi connectivity index (χ2n) is 10.9. The molecule has 2 amide bonds. The topological polar surface area (TPSA) is 90.1 Å². The summed E-state index contributed by atoms with van der Waals surface area (Å²) in [4.78, 5) is 37.3. The Morgan fingerprint density at radius 2 is 0.889 bits per heavy atom. The SMILES string of the molecule is CC1=NN(c2ccccc2)C(=O)C1C(=NCCCN=C(c1ccccc1)C1C(=O)N(c2ccccc2)N=C1C)c1ccccc1. The van der Waals surface area contributed by atoms with Crippen LogP contribution in [-0.4, -0.2) is 47.8 Å². The van der Waals surface area contributed by atoms with Crippen molar-refractivity contribution in [2.75, 3.05) is 23.1 Å². The van der Waals surface area contributed by atoms with Crippen molar-refractivity contribution in [3.8, 4) is 0 Å². The summed E-state index contributed by atoms with van der Waals surface area (Å²) in [7, 11) is 0. The van der Waals surface area contributed by atoms with Crippen LogP contribution in [0.3, 0.4) is 0 Å². The molecule has 45 heavy (non-hydrogen) atoms. The number of hydrogen-bond donors (Lipinski definition) is 0. The molecule has 2 atom stereocenters. The fraction of sp³-hybridized carbons (Fsp3) is 0.189. The van der Waals surface area contributed by atoms with Gasteiger partial charge in [0.15, 0.2) is 0 Å². The lowest BCUT2D eigenvalue weighted by Crippen LogP contribution is -2.33. The number of hydrogen-bond acceptors (Lipinski definition) is 6. The number of anilines is 2. The molecule has 0 saturated carbocycles. The first-order valence-electron chi connectivity index (χ1n) is 15.1. The molecule has 0 radical (unpaired) electrons. The normalized spacial score (nSPS) is 18.8. The summed E-state index contributed by atoms with van der Waals surface area (Å²) in [6, 6.07) is 38.5. The van der Waals surface area contributed by atoms with E-state index in [0.717, 1.165) is 22.5 Å². The monoisotopic (exact) mass is 594 g/mol. The maximum absolute atomic E-state index is 13.7. The van der Waals surface area contributed by atoms with Crippen molar-refractivity contribution in [3.63, 3.8) is 0 Å². The van der Waals surface area contributed by atoms with E-state index in [1.165, 1.54) is 10.0 Å². The van der Waals surface area contributed by atoms with E-state index < -0.39 is 11.8 Å². The molecule has 6 rings (SSSR count). The zero-order valence-corrected chi connectivity index (χ0v) is 25.3. The number of amides is 2. The van der Waals surface area contributed by atoms with Crippen LogP contribution in [0.1, 0.15) is 31.4 Å². The van der Waals surface area contributed by atoms with E-state index in [1.807, 2.05) is 135 Å². The number of hydrazone groups is 2. The highest BCUT2D eigenvalue weighted by Crippen LogP contribution is 2.28. The summed E-state index contributed by atoms with van der Waals surface area (Å²) < 4.78 is 0. The molecule has 8 nitrogen and oxygen atoms in total. The Hall–Kier alpha value is -5.50. The van der Waals surface area contributed by atoms with E-state index in [9.17, 15) is 9.59 Å². The average molecular weight is 595 g/mol. The third-order valence-electron chi connectivity index (χ3n) is 7.83. The smallest absolute Gasteiger partial charge is 0.262 e. The molecule has 0 saturated heterocycles. The van der Waals surface area contributed by atoms with Gasteiger partial charge in [-0.05, 0) is 55.7 Å². The Kier molecular flexibility index (Phi) is 8.82. The molecule has 0 fully saturated rings. The van der Waals surface area contributed by atoms with Crippen LogP contribution in [0.5, 0.6) is 0 Å². The highest BCUT2D eigenvalue weighted by atomic mass is 16.2. The summed E-state index contributed by atoms with van der Waals surface area (Å²) in [5.41, 5.74) is 6.02. The van der Waals surface area contributed by atoms with E-state index in [-0.39, 0.29) is 11.8 Å². The second kappa shape index (κ2) is 13.4. The number of benzene rings is 4. The van der Waals surface area contributed by atoms with Crippen molar-refractivity contribution < 1.29 is 9.59 Å². The maximum Gasteiger partial charge on any atom is 0.262 e. The van der Waals surface area contributed by atoms with Gasteiger partial charge in [0.05, 0.1) is 34.2 Å². The molecule has 4 aromatic rings. The molecule has 2 aliphatic rings. The summed E-state index contributed by atoms with van der Waals surface area (Å²) in [6.07, 6.45) is 0.631. The fourth-order valence-corrected chi connectivity index (χ4v) is 5.66. The highest BCUT2D eigenvalue weighted by Gasteiger charge is 2.39. The van der Waals surface area contributed by atoms with Crippen LogP contribution in [0.2, 0.25) is 0 Å². The molecule has 2 heterocycles. The van der Waals surface area contributed by atoms with Gasteiger partial charge in [-0.3, -0.25) is 19.6 Å². The Labute approximate surface area is 263 Å². The van der Waals surface area contributed by atoms with Crippen LogP contribution in [-0.2, 0) is 9.59 Å². The highest BCUT2D eigenvalue weighted by molar-refractivity contribution is 6.32. The van der Waals surface area contributed by atoms with Gasteiger partial charge < -0.3 is 0 Å². The van der Waals surface area contributed by atoms with E-state index in [4.69, 9.17) is 9.98 Å². The van der Waals surface area contributed by atoms with Gasteiger partial charge in [0, 0.05) is 13.1 Å². The zero-order valence-electron chi connectivity index (χ0n) is 25.3. The number of nitrogens with zero attached hydrogens (tertiary/aromatic N) is 6. The average Bonchev–Trinajstić information content (AvgIpc) is 3.55. The van der Waals surface area contributed by atoms with Crippen LogP contribution in [0.4, 0.5) is 11.4 Å². The van der Waals surface area contributed by atoms with Gasteiger partial charge in [-0.25, -0.2) is 0 Å².